The largest absolute Gasteiger partial charge is 0.381 e. The van der Waals surface area contributed by atoms with Gasteiger partial charge in [-0.1, -0.05) is 0 Å². The molecule has 1 fully saturated rings. The summed E-state index contributed by atoms with van der Waals surface area (Å²) in [6.45, 7) is 2.58. The third-order valence-corrected chi connectivity index (χ3v) is 3.87. The van der Waals surface area contributed by atoms with Crippen LogP contribution in [0.3, 0.4) is 0 Å². The predicted molar refractivity (Wildman–Crippen MR) is 74.3 cm³/mol. The Hall–Kier alpha value is -1.04. The van der Waals surface area contributed by atoms with Crippen molar-refractivity contribution >= 4 is 0 Å². The number of rotatable bonds is 5. The molecule has 2 N–H and O–H groups in total. The molecule has 112 valence electrons. The lowest BCUT2D eigenvalue weighted by molar-refractivity contribution is 0.0363. The van der Waals surface area contributed by atoms with Gasteiger partial charge in [-0.3, -0.25) is 4.90 Å². The molecule has 0 bridgehead atoms. The van der Waals surface area contributed by atoms with Crippen LogP contribution in [0.15, 0.2) is 18.2 Å². The molecule has 0 spiro atoms. The van der Waals surface area contributed by atoms with E-state index in [9.17, 15) is 8.78 Å². The van der Waals surface area contributed by atoms with E-state index in [0.29, 0.717) is 11.5 Å². The van der Waals surface area contributed by atoms with Crippen molar-refractivity contribution in [3.63, 3.8) is 0 Å². The number of benzene rings is 1. The van der Waals surface area contributed by atoms with Gasteiger partial charge < -0.3 is 10.5 Å². The number of hydrogen-bond acceptors (Lipinski definition) is 3. The fourth-order valence-corrected chi connectivity index (χ4v) is 2.80. The van der Waals surface area contributed by atoms with Crippen LogP contribution in [-0.4, -0.2) is 38.3 Å². The highest BCUT2D eigenvalue weighted by Gasteiger charge is 2.23. The Morgan fingerprint density at radius 3 is 2.90 bits per heavy atom. The molecule has 1 aliphatic heterocycles. The van der Waals surface area contributed by atoms with Gasteiger partial charge in [0.1, 0.15) is 11.6 Å². The van der Waals surface area contributed by atoms with E-state index < -0.39 is 11.6 Å². The zero-order chi connectivity index (χ0) is 14.5. The molecule has 2 atom stereocenters. The fourth-order valence-electron chi connectivity index (χ4n) is 2.80. The molecule has 2 unspecified atom stereocenters. The van der Waals surface area contributed by atoms with Gasteiger partial charge >= 0.3 is 0 Å². The van der Waals surface area contributed by atoms with E-state index in [4.69, 9.17) is 10.5 Å². The highest BCUT2D eigenvalue weighted by Crippen LogP contribution is 2.25. The number of hydrogen-bond donors (Lipinski definition) is 1. The van der Waals surface area contributed by atoms with E-state index >= 15 is 0 Å². The van der Waals surface area contributed by atoms with Crippen molar-refractivity contribution in [2.75, 3.05) is 33.4 Å². The van der Waals surface area contributed by atoms with E-state index in [1.807, 2.05) is 11.9 Å². The monoisotopic (exact) mass is 284 g/mol. The minimum atomic E-state index is -0.436. The Labute approximate surface area is 118 Å². The van der Waals surface area contributed by atoms with Crippen LogP contribution in [0.1, 0.15) is 24.4 Å². The maximum atomic E-state index is 13.9. The van der Waals surface area contributed by atoms with Crippen molar-refractivity contribution in [3.8, 4) is 0 Å². The van der Waals surface area contributed by atoms with Gasteiger partial charge in [-0.15, -0.1) is 0 Å². The zero-order valence-corrected chi connectivity index (χ0v) is 11.8. The highest BCUT2D eigenvalue weighted by molar-refractivity contribution is 5.22. The minimum absolute atomic E-state index is 0.254. The molecule has 0 amide bonds. The van der Waals surface area contributed by atoms with Crippen LogP contribution in [0.2, 0.25) is 0 Å². The summed E-state index contributed by atoms with van der Waals surface area (Å²) in [7, 11) is 1.90. The van der Waals surface area contributed by atoms with Gasteiger partial charge in [0.2, 0.25) is 0 Å². The van der Waals surface area contributed by atoms with Crippen molar-refractivity contribution < 1.29 is 13.5 Å². The van der Waals surface area contributed by atoms with Crippen LogP contribution >= 0.6 is 0 Å². The van der Waals surface area contributed by atoms with Crippen LogP contribution < -0.4 is 5.73 Å². The lowest BCUT2D eigenvalue weighted by atomic mass is 9.99. The average Bonchev–Trinajstić information content (AvgIpc) is 2.44. The van der Waals surface area contributed by atoms with E-state index in [0.717, 1.165) is 44.7 Å². The lowest BCUT2D eigenvalue weighted by Crippen LogP contribution is -2.37. The van der Waals surface area contributed by atoms with E-state index in [1.165, 1.54) is 6.07 Å². The van der Waals surface area contributed by atoms with Gasteiger partial charge in [0.15, 0.2) is 0 Å². The Kier molecular flexibility index (Phi) is 5.46. The molecule has 1 aliphatic rings. The first-order valence-electron chi connectivity index (χ1n) is 7.04. The molecule has 0 aromatic heterocycles. The SMILES string of the molecule is CN(CC1CCCOC1)C(CN)c1cc(F)ccc1F. The quantitative estimate of drug-likeness (QED) is 0.902. The second-order valence-electron chi connectivity index (χ2n) is 5.44. The molecular formula is C15H22F2N2O. The Bertz CT molecular complexity index is 436. The van der Waals surface area contributed by atoms with E-state index in [1.54, 1.807) is 0 Å². The second-order valence-corrected chi connectivity index (χ2v) is 5.44. The maximum absolute atomic E-state index is 13.9. The Morgan fingerprint density at radius 2 is 2.25 bits per heavy atom. The van der Waals surface area contributed by atoms with Crippen LogP contribution in [0, 0.1) is 17.6 Å². The number of nitrogens with two attached hydrogens (primary N) is 1. The smallest absolute Gasteiger partial charge is 0.128 e. The minimum Gasteiger partial charge on any atom is -0.381 e. The number of likely N-dealkylation sites (N-methyl/N-ethyl adjacent to an activating group) is 1. The predicted octanol–water partition coefficient (Wildman–Crippen LogP) is 2.32. The van der Waals surface area contributed by atoms with Gasteiger partial charge in [-0.25, -0.2) is 8.78 Å². The van der Waals surface area contributed by atoms with Crippen molar-refractivity contribution in [2.45, 2.75) is 18.9 Å². The molecular weight excluding hydrogens is 262 g/mol. The van der Waals surface area contributed by atoms with Gasteiger partial charge in [-0.2, -0.15) is 0 Å². The van der Waals surface area contributed by atoms with Crippen molar-refractivity contribution in [1.82, 2.24) is 4.90 Å². The third-order valence-electron chi connectivity index (χ3n) is 3.87. The molecule has 2 rings (SSSR count). The van der Waals surface area contributed by atoms with Crippen molar-refractivity contribution in [3.05, 3.63) is 35.4 Å². The first-order chi connectivity index (χ1) is 9.61. The highest BCUT2D eigenvalue weighted by atomic mass is 19.1. The second kappa shape index (κ2) is 7.11. The molecule has 20 heavy (non-hydrogen) atoms. The maximum Gasteiger partial charge on any atom is 0.128 e. The van der Waals surface area contributed by atoms with Crippen molar-refractivity contribution in [1.29, 1.82) is 0 Å². The van der Waals surface area contributed by atoms with Gasteiger partial charge in [-0.05, 0) is 44.0 Å². The summed E-state index contributed by atoms with van der Waals surface area (Å²) >= 11 is 0. The average molecular weight is 284 g/mol. The summed E-state index contributed by atoms with van der Waals surface area (Å²) in [4.78, 5) is 2.00. The van der Waals surface area contributed by atoms with Crippen LogP contribution in [0.4, 0.5) is 8.78 Å². The summed E-state index contributed by atoms with van der Waals surface area (Å²) in [6, 6.07) is 3.21. The summed E-state index contributed by atoms with van der Waals surface area (Å²) in [5.41, 5.74) is 6.09. The Balaban J connectivity index is 2.07. The number of nitrogens with zero attached hydrogens (tertiary/aromatic N) is 1. The third kappa shape index (κ3) is 3.75. The zero-order valence-electron chi connectivity index (χ0n) is 11.8. The van der Waals surface area contributed by atoms with Crippen molar-refractivity contribution in [2.24, 2.45) is 11.7 Å². The molecule has 1 aromatic rings. The molecule has 1 heterocycles. The summed E-state index contributed by atoms with van der Waals surface area (Å²) < 4.78 is 32.6. The first-order valence-corrected chi connectivity index (χ1v) is 7.04. The van der Waals surface area contributed by atoms with Crippen LogP contribution in [0.5, 0.6) is 0 Å². The van der Waals surface area contributed by atoms with E-state index in [-0.39, 0.29) is 12.6 Å². The molecule has 1 aromatic carbocycles. The van der Waals surface area contributed by atoms with Crippen LogP contribution in [0.25, 0.3) is 0 Å². The molecule has 5 heteroatoms. The summed E-state index contributed by atoms with van der Waals surface area (Å²) in [5.74, 6) is -0.415. The van der Waals surface area contributed by atoms with Crippen LogP contribution in [-0.2, 0) is 4.74 Å². The number of ether oxygens (including phenoxy) is 1. The standard InChI is InChI=1S/C15H22F2N2O/c1-19(9-11-3-2-6-20-10-11)15(8-18)13-7-12(16)4-5-14(13)17/h4-5,7,11,15H,2-3,6,8-10,18H2,1H3. The first kappa shape index (κ1) is 15.4. The fraction of sp³-hybridized carbons (Fsp3) is 0.600. The number of halogens is 2. The molecule has 3 nitrogen and oxygen atoms in total. The lowest BCUT2D eigenvalue weighted by Gasteiger charge is -2.32. The molecule has 0 radical (unpaired) electrons. The van der Waals surface area contributed by atoms with Gasteiger partial charge in [0, 0.05) is 31.3 Å². The summed E-state index contributed by atoms with van der Waals surface area (Å²) in [6.07, 6.45) is 2.16. The summed E-state index contributed by atoms with van der Waals surface area (Å²) in [5, 5.41) is 0. The van der Waals surface area contributed by atoms with E-state index in [2.05, 4.69) is 0 Å². The molecule has 1 saturated heterocycles. The molecule has 0 aliphatic carbocycles. The van der Waals surface area contributed by atoms with Gasteiger partial charge in [0.05, 0.1) is 6.61 Å². The topological polar surface area (TPSA) is 38.5 Å². The molecule has 0 saturated carbocycles. The Morgan fingerprint density at radius 1 is 1.45 bits per heavy atom. The normalized spacial score (nSPS) is 21.1. The van der Waals surface area contributed by atoms with Gasteiger partial charge in [0.25, 0.3) is 0 Å².